The van der Waals surface area contributed by atoms with E-state index >= 15 is 0 Å². The van der Waals surface area contributed by atoms with Gasteiger partial charge in [0.05, 0.1) is 13.3 Å². The molecule has 0 amide bonds. The minimum Gasteiger partial charge on any atom is -0.348 e. The van der Waals surface area contributed by atoms with Gasteiger partial charge in [0.25, 0.3) is 0 Å². The monoisotopic (exact) mass is 186 g/mol. The molecular weight excluding hydrogens is 168 g/mol. The van der Waals surface area contributed by atoms with Crippen LogP contribution >= 0.6 is 0 Å². The van der Waals surface area contributed by atoms with Gasteiger partial charge in [-0.15, -0.1) is 0 Å². The third kappa shape index (κ3) is 3.42. The average Bonchev–Trinajstić information content (AvgIpc) is 2.08. The van der Waals surface area contributed by atoms with E-state index in [-0.39, 0.29) is 18.7 Å². The molecule has 76 valence electrons. The van der Waals surface area contributed by atoms with Gasteiger partial charge in [-0.25, -0.2) is 0 Å². The molecular formula is C9H18N2O2. The topological polar surface area (TPSA) is 55.6 Å². The summed E-state index contributed by atoms with van der Waals surface area (Å²) in [5.74, 6) is 0.188. The Kier molecular flexibility index (Phi) is 4.35. The van der Waals surface area contributed by atoms with Crippen LogP contribution in [0.3, 0.4) is 0 Å². The van der Waals surface area contributed by atoms with Gasteiger partial charge >= 0.3 is 0 Å². The van der Waals surface area contributed by atoms with E-state index in [1.165, 1.54) is 6.42 Å². The first kappa shape index (κ1) is 10.6. The van der Waals surface area contributed by atoms with Crippen LogP contribution in [0.25, 0.3) is 0 Å². The zero-order chi connectivity index (χ0) is 9.68. The molecule has 1 aliphatic rings. The Morgan fingerprint density at radius 2 is 2.38 bits per heavy atom. The smallest absolute Gasteiger partial charge is 0.143 e. The van der Waals surface area contributed by atoms with Crippen molar-refractivity contribution in [2.24, 2.45) is 5.73 Å². The van der Waals surface area contributed by atoms with Gasteiger partial charge in [-0.1, -0.05) is 0 Å². The van der Waals surface area contributed by atoms with Crippen LogP contribution in [0.1, 0.15) is 26.2 Å². The first-order chi connectivity index (χ1) is 6.24. The lowest BCUT2D eigenvalue weighted by atomic mass is 10.1. The number of piperidine rings is 1. The normalized spacial score (nSPS) is 24.6. The van der Waals surface area contributed by atoms with Crippen molar-refractivity contribution in [3.63, 3.8) is 0 Å². The molecule has 1 aliphatic heterocycles. The summed E-state index contributed by atoms with van der Waals surface area (Å²) in [6.45, 7) is 3.28. The Morgan fingerprint density at radius 1 is 1.62 bits per heavy atom. The number of ether oxygens (including phenoxy) is 1. The van der Waals surface area contributed by atoms with Gasteiger partial charge in [0.15, 0.2) is 0 Å². The molecule has 1 rings (SSSR count). The van der Waals surface area contributed by atoms with E-state index in [2.05, 4.69) is 4.90 Å². The van der Waals surface area contributed by atoms with Crippen LogP contribution in [0.2, 0.25) is 0 Å². The van der Waals surface area contributed by atoms with E-state index in [0.717, 1.165) is 19.4 Å². The third-order valence-corrected chi connectivity index (χ3v) is 2.27. The minimum atomic E-state index is 0.0580. The maximum atomic E-state index is 10.9. The fourth-order valence-electron chi connectivity index (χ4n) is 1.73. The second-order valence-electron chi connectivity index (χ2n) is 3.46. The van der Waals surface area contributed by atoms with Crippen LogP contribution in [-0.4, -0.2) is 36.7 Å². The predicted molar refractivity (Wildman–Crippen MR) is 50.0 cm³/mol. The average molecular weight is 186 g/mol. The largest absolute Gasteiger partial charge is 0.348 e. The highest BCUT2D eigenvalue weighted by Gasteiger charge is 2.23. The van der Waals surface area contributed by atoms with Crippen molar-refractivity contribution in [2.45, 2.75) is 32.4 Å². The summed E-state index contributed by atoms with van der Waals surface area (Å²) >= 11 is 0. The Bertz CT molecular complexity index is 171. The van der Waals surface area contributed by atoms with E-state index in [4.69, 9.17) is 10.5 Å². The van der Waals surface area contributed by atoms with Gasteiger partial charge in [0.2, 0.25) is 0 Å². The van der Waals surface area contributed by atoms with Gasteiger partial charge < -0.3 is 10.5 Å². The molecule has 0 radical (unpaired) electrons. The van der Waals surface area contributed by atoms with Crippen molar-refractivity contribution >= 4 is 5.78 Å². The molecule has 1 fully saturated rings. The summed E-state index contributed by atoms with van der Waals surface area (Å²) in [6, 6.07) is 0. The Morgan fingerprint density at radius 3 is 3.00 bits per heavy atom. The number of Topliss-reactive ketones (excluding diaryl/α,β-unsaturated/α-hetero) is 1. The maximum Gasteiger partial charge on any atom is 0.143 e. The minimum absolute atomic E-state index is 0.0580. The van der Waals surface area contributed by atoms with E-state index in [1.54, 1.807) is 6.92 Å². The van der Waals surface area contributed by atoms with Crippen LogP contribution in [0, 0.1) is 0 Å². The number of carbonyl (C=O) groups excluding carboxylic acids is 1. The summed E-state index contributed by atoms with van der Waals surface area (Å²) in [4.78, 5) is 13.0. The van der Waals surface area contributed by atoms with Gasteiger partial charge in [0.1, 0.15) is 12.0 Å². The van der Waals surface area contributed by atoms with Gasteiger partial charge in [-0.2, -0.15) is 0 Å². The second-order valence-corrected chi connectivity index (χ2v) is 3.46. The molecule has 1 saturated heterocycles. The number of carbonyl (C=O) groups is 1. The lowest BCUT2D eigenvalue weighted by molar-refractivity contribution is -0.126. The molecule has 0 aromatic rings. The molecule has 0 unspecified atom stereocenters. The van der Waals surface area contributed by atoms with Gasteiger partial charge in [-0.05, 0) is 26.2 Å². The Labute approximate surface area is 79.0 Å². The van der Waals surface area contributed by atoms with Gasteiger partial charge in [0, 0.05) is 6.54 Å². The number of hydrogen-bond acceptors (Lipinski definition) is 4. The molecule has 0 aromatic heterocycles. The molecule has 0 spiro atoms. The van der Waals surface area contributed by atoms with E-state index in [0.29, 0.717) is 6.54 Å². The summed E-state index contributed by atoms with van der Waals surface area (Å²) in [5, 5.41) is 0. The zero-order valence-corrected chi connectivity index (χ0v) is 8.16. The number of ketones is 1. The number of rotatable bonds is 4. The SMILES string of the molecule is CC(=O)CN1CCCC[C@H]1OCN. The lowest BCUT2D eigenvalue weighted by Crippen LogP contribution is -2.44. The predicted octanol–water partition coefficient (Wildman–Crippen LogP) is 0.320. The molecule has 1 heterocycles. The van der Waals surface area contributed by atoms with E-state index in [9.17, 15) is 4.79 Å². The summed E-state index contributed by atoms with van der Waals surface area (Å²) in [5.41, 5.74) is 5.32. The molecule has 0 saturated carbocycles. The van der Waals surface area contributed by atoms with Crippen molar-refractivity contribution in [3.05, 3.63) is 0 Å². The summed E-state index contributed by atoms with van der Waals surface area (Å²) in [7, 11) is 0. The molecule has 13 heavy (non-hydrogen) atoms. The molecule has 4 nitrogen and oxygen atoms in total. The number of nitrogens with two attached hydrogens (primary N) is 1. The van der Waals surface area contributed by atoms with E-state index in [1.807, 2.05) is 0 Å². The van der Waals surface area contributed by atoms with Crippen molar-refractivity contribution in [2.75, 3.05) is 19.8 Å². The highest BCUT2D eigenvalue weighted by atomic mass is 16.5. The summed E-state index contributed by atoms with van der Waals surface area (Å²) in [6.07, 6.45) is 3.36. The number of likely N-dealkylation sites (tertiary alicyclic amines) is 1. The Hall–Kier alpha value is -0.450. The number of nitrogens with zero attached hydrogens (tertiary/aromatic N) is 1. The quantitative estimate of drug-likeness (QED) is 0.642. The van der Waals surface area contributed by atoms with Gasteiger partial charge in [-0.3, -0.25) is 9.69 Å². The number of hydrogen-bond donors (Lipinski definition) is 1. The molecule has 1 atom stereocenters. The van der Waals surface area contributed by atoms with Crippen molar-refractivity contribution in [1.82, 2.24) is 4.90 Å². The first-order valence-electron chi connectivity index (χ1n) is 4.79. The highest BCUT2D eigenvalue weighted by molar-refractivity contribution is 5.77. The second kappa shape index (κ2) is 5.32. The van der Waals surface area contributed by atoms with Crippen LogP contribution in [0.15, 0.2) is 0 Å². The van der Waals surface area contributed by atoms with Crippen molar-refractivity contribution in [1.29, 1.82) is 0 Å². The standard InChI is InChI=1S/C9H18N2O2/c1-8(12)6-11-5-3-2-4-9(11)13-7-10/h9H,2-7,10H2,1H3/t9-/m1/s1. The van der Waals surface area contributed by atoms with Crippen LogP contribution in [0.5, 0.6) is 0 Å². The van der Waals surface area contributed by atoms with Crippen LogP contribution in [0.4, 0.5) is 0 Å². The van der Waals surface area contributed by atoms with E-state index < -0.39 is 0 Å². The molecule has 0 aromatic carbocycles. The highest BCUT2D eigenvalue weighted by Crippen LogP contribution is 2.16. The van der Waals surface area contributed by atoms with Crippen molar-refractivity contribution < 1.29 is 9.53 Å². The Balaban J connectivity index is 2.41. The molecule has 2 N–H and O–H groups in total. The third-order valence-electron chi connectivity index (χ3n) is 2.27. The first-order valence-corrected chi connectivity index (χ1v) is 4.79. The lowest BCUT2D eigenvalue weighted by Gasteiger charge is -2.34. The maximum absolute atomic E-state index is 10.9. The molecule has 0 aliphatic carbocycles. The zero-order valence-electron chi connectivity index (χ0n) is 8.16. The van der Waals surface area contributed by atoms with Crippen LogP contribution in [-0.2, 0) is 9.53 Å². The fraction of sp³-hybridized carbons (Fsp3) is 0.889. The molecule has 0 bridgehead atoms. The fourth-order valence-corrected chi connectivity index (χ4v) is 1.73. The summed E-state index contributed by atoms with van der Waals surface area (Å²) < 4.78 is 5.35. The molecule has 4 heteroatoms. The van der Waals surface area contributed by atoms with Crippen molar-refractivity contribution in [3.8, 4) is 0 Å². The van der Waals surface area contributed by atoms with Crippen LogP contribution < -0.4 is 5.73 Å².